The maximum atomic E-state index is 11.9. The minimum atomic E-state index is -0.432. The maximum absolute atomic E-state index is 11.9. The zero-order chi connectivity index (χ0) is 19.9. The predicted octanol–water partition coefficient (Wildman–Crippen LogP) is 3.77. The fraction of sp³-hybridized carbons (Fsp3) is 0.150. The molecule has 0 aliphatic heterocycles. The Kier molecular flexibility index (Phi) is 5.91. The molecule has 144 valence electrons. The highest BCUT2D eigenvalue weighted by Gasteiger charge is 2.12. The molecule has 0 fully saturated rings. The number of rotatable bonds is 7. The van der Waals surface area contributed by atoms with Crippen LogP contribution >= 0.6 is 0 Å². The van der Waals surface area contributed by atoms with Crippen molar-refractivity contribution in [2.75, 3.05) is 32.0 Å². The molecule has 8 nitrogen and oxygen atoms in total. The van der Waals surface area contributed by atoms with E-state index in [2.05, 4.69) is 20.6 Å². The Hall–Kier alpha value is -3.81. The van der Waals surface area contributed by atoms with Gasteiger partial charge in [-0.3, -0.25) is 0 Å². The molecule has 0 atom stereocenters. The van der Waals surface area contributed by atoms with E-state index in [9.17, 15) is 4.79 Å². The van der Waals surface area contributed by atoms with Crippen molar-refractivity contribution in [3.63, 3.8) is 0 Å². The van der Waals surface area contributed by atoms with Gasteiger partial charge < -0.3 is 24.8 Å². The molecule has 2 aromatic carbocycles. The van der Waals surface area contributed by atoms with Gasteiger partial charge in [-0.2, -0.15) is 4.98 Å². The fourth-order valence-corrected chi connectivity index (χ4v) is 2.53. The molecule has 0 unspecified atom stereocenters. The van der Waals surface area contributed by atoms with Crippen LogP contribution in [0, 0.1) is 0 Å². The van der Waals surface area contributed by atoms with Gasteiger partial charge in [0, 0.05) is 12.3 Å². The number of benzene rings is 2. The summed E-state index contributed by atoms with van der Waals surface area (Å²) in [7, 11) is 4.50. The first kappa shape index (κ1) is 19.0. The third kappa shape index (κ3) is 4.29. The lowest BCUT2D eigenvalue weighted by atomic mass is 10.2. The molecule has 8 heteroatoms. The zero-order valence-electron chi connectivity index (χ0n) is 15.7. The third-order valence-electron chi connectivity index (χ3n) is 3.91. The molecule has 0 saturated carbocycles. The van der Waals surface area contributed by atoms with Crippen LogP contribution in [0.1, 0.15) is 10.4 Å². The quantitative estimate of drug-likeness (QED) is 0.598. The van der Waals surface area contributed by atoms with Crippen LogP contribution in [0.2, 0.25) is 0 Å². The van der Waals surface area contributed by atoms with Gasteiger partial charge in [-0.05, 0) is 30.3 Å². The summed E-state index contributed by atoms with van der Waals surface area (Å²) in [6.45, 7) is 0. The number of aromatic nitrogens is 2. The van der Waals surface area contributed by atoms with Crippen LogP contribution in [0.4, 0.5) is 23.1 Å². The Labute approximate surface area is 162 Å². The van der Waals surface area contributed by atoms with E-state index in [-0.39, 0.29) is 0 Å². The van der Waals surface area contributed by atoms with Gasteiger partial charge in [-0.1, -0.05) is 12.1 Å². The number of carbonyl (C=O) groups is 1. The van der Waals surface area contributed by atoms with Crippen molar-refractivity contribution in [1.82, 2.24) is 9.97 Å². The molecule has 1 aromatic heterocycles. The molecular weight excluding hydrogens is 360 g/mol. The largest absolute Gasteiger partial charge is 0.497 e. The van der Waals surface area contributed by atoms with Crippen molar-refractivity contribution in [2.45, 2.75) is 0 Å². The molecule has 0 saturated heterocycles. The summed E-state index contributed by atoms with van der Waals surface area (Å²) in [6, 6.07) is 14.1. The third-order valence-corrected chi connectivity index (χ3v) is 3.91. The summed E-state index contributed by atoms with van der Waals surface area (Å²) in [5, 5.41) is 6.23. The van der Waals surface area contributed by atoms with Crippen LogP contribution in [0.3, 0.4) is 0 Å². The number of anilines is 4. The minimum absolute atomic E-state index is 0.365. The predicted molar refractivity (Wildman–Crippen MR) is 106 cm³/mol. The molecule has 3 rings (SSSR count). The smallest absolute Gasteiger partial charge is 0.339 e. The van der Waals surface area contributed by atoms with E-state index in [1.54, 1.807) is 56.8 Å². The van der Waals surface area contributed by atoms with Crippen LogP contribution in [-0.4, -0.2) is 37.3 Å². The van der Waals surface area contributed by atoms with Gasteiger partial charge in [0.1, 0.15) is 17.3 Å². The van der Waals surface area contributed by atoms with Crippen molar-refractivity contribution in [3.05, 3.63) is 60.3 Å². The minimum Gasteiger partial charge on any atom is -0.497 e. The number of nitrogens with one attached hydrogen (secondary N) is 2. The number of carbonyl (C=O) groups excluding carboxylic acids is 1. The molecular formula is C20H20N4O4. The van der Waals surface area contributed by atoms with Crippen molar-refractivity contribution in [3.8, 4) is 11.5 Å². The molecule has 0 aliphatic rings. The molecule has 0 radical (unpaired) electrons. The fourth-order valence-electron chi connectivity index (χ4n) is 2.53. The molecule has 0 aliphatic carbocycles. The Bertz CT molecular complexity index is 978. The summed E-state index contributed by atoms with van der Waals surface area (Å²) in [5.41, 5.74) is 1.69. The number of methoxy groups -OCH3 is 3. The second-order valence-electron chi connectivity index (χ2n) is 5.62. The lowest BCUT2D eigenvalue weighted by Gasteiger charge is -2.13. The lowest BCUT2D eigenvalue weighted by Crippen LogP contribution is -2.07. The van der Waals surface area contributed by atoms with Gasteiger partial charge in [0.15, 0.2) is 0 Å². The Morgan fingerprint density at radius 1 is 0.929 bits per heavy atom. The van der Waals surface area contributed by atoms with E-state index in [1.807, 2.05) is 12.1 Å². The van der Waals surface area contributed by atoms with Crippen molar-refractivity contribution in [2.24, 2.45) is 0 Å². The van der Waals surface area contributed by atoms with Crippen LogP contribution in [-0.2, 0) is 4.74 Å². The highest BCUT2D eigenvalue weighted by molar-refractivity contribution is 5.96. The molecule has 0 spiro atoms. The van der Waals surface area contributed by atoms with Gasteiger partial charge in [0.2, 0.25) is 5.95 Å². The van der Waals surface area contributed by atoms with Crippen LogP contribution in [0.5, 0.6) is 11.5 Å². The number of esters is 1. The molecule has 1 heterocycles. The van der Waals surface area contributed by atoms with E-state index >= 15 is 0 Å². The van der Waals surface area contributed by atoms with Crippen LogP contribution in [0.15, 0.2) is 54.7 Å². The number of para-hydroxylation sites is 1. The summed E-state index contributed by atoms with van der Waals surface area (Å²) in [5.74, 6) is 1.72. The van der Waals surface area contributed by atoms with Crippen LogP contribution in [0.25, 0.3) is 0 Å². The average Bonchev–Trinajstić information content (AvgIpc) is 2.74. The van der Waals surface area contributed by atoms with Gasteiger partial charge in [0.25, 0.3) is 0 Å². The summed E-state index contributed by atoms with van der Waals surface area (Å²) in [4.78, 5) is 20.6. The monoisotopic (exact) mass is 380 g/mol. The molecule has 0 amide bonds. The van der Waals surface area contributed by atoms with Gasteiger partial charge in [0.05, 0.1) is 38.3 Å². The highest BCUT2D eigenvalue weighted by atomic mass is 16.5. The number of ether oxygens (including phenoxy) is 3. The normalized spacial score (nSPS) is 10.1. The first-order valence-corrected chi connectivity index (χ1v) is 8.41. The average molecular weight is 380 g/mol. The Morgan fingerprint density at radius 2 is 1.75 bits per heavy atom. The van der Waals surface area contributed by atoms with E-state index in [0.29, 0.717) is 40.2 Å². The molecule has 28 heavy (non-hydrogen) atoms. The number of hydrogen-bond acceptors (Lipinski definition) is 8. The molecule has 2 N–H and O–H groups in total. The summed E-state index contributed by atoms with van der Waals surface area (Å²) in [6.07, 6.45) is 1.61. The van der Waals surface area contributed by atoms with Crippen molar-refractivity contribution < 1.29 is 19.0 Å². The number of hydrogen-bond donors (Lipinski definition) is 2. The Balaban J connectivity index is 1.83. The maximum Gasteiger partial charge on any atom is 0.339 e. The zero-order valence-corrected chi connectivity index (χ0v) is 15.7. The second kappa shape index (κ2) is 8.72. The summed E-state index contributed by atoms with van der Waals surface area (Å²) >= 11 is 0. The SMILES string of the molecule is COC(=O)c1ccccc1Nc1ccnc(Nc2ccc(OC)cc2OC)n1. The number of nitrogens with zero attached hydrogens (tertiary/aromatic N) is 2. The van der Waals surface area contributed by atoms with E-state index in [0.717, 1.165) is 0 Å². The van der Waals surface area contributed by atoms with Crippen LogP contribution < -0.4 is 20.1 Å². The Morgan fingerprint density at radius 3 is 2.50 bits per heavy atom. The first-order valence-electron chi connectivity index (χ1n) is 8.41. The first-order chi connectivity index (χ1) is 13.6. The highest BCUT2D eigenvalue weighted by Crippen LogP contribution is 2.31. The molecule has 0 bridgehead atoms. The van der Waals surface area contributed by atoms with Gasteiger partial charge in [-0.25, -0.2) is 9.78 Å². The van der Waals surface area contributed by atoms with E-state index < -0.39 is 5.97 Å². The van der Waals surface area contributed by atoms with E-state index in [1.165, 1.54) is 7.11 Å². The van der Waals surface area contributed by atoms with Gasteiger partial charge in [-0.15, -0.1) is 0 Å². The van der Waals surface area contributed by atoms with E-state index in [4.69, 9.17) is 14.2 Å². The van der Waals surface area contributed by atoms with Crippen molar-refractivity contribution >= 4 is 29.1 Å². The summed E-state index contributed by atoms with van der Waals surface area (Å²) < 4.78 is 15.4. The lowest BCUT2D eigenvalue weighted by molar-refractivity contribution is 0.0602. The standard InChI is InChI=1S/C20H20N4O4/c1-26-13-8-9-16(17(12-13)27-2)23-20-21-11-10-18(24-20)22-15-7-5-4-6-14(15)19(25)28-3/h4-12H,1-3H3,(H2,21,22,23,24). The van der Waals surface area contributed by atoms with Crippen molar-refractivity contribution in [1.29, 1.82) is 0 Å². The second-order valence-corrected chi connectivity index (χ2v) is 5.62. The van der Waals surface area contributed by atoms with Gasteiger partial charge >= 0.3 is 5.97 Å². The topological polar surface area (TPSA) is 94.6 Å². The molecule has 3 aromatic rings.